The maximum Gasteiger partial charge on any atom is 0.258 e. The second kappa shape index (κ2) is 4.47. The van der Waals surface area contributed by atoms with Crippen molar-refractivity contribution in [2.75, 3.05) is 23.7 Å². The van der Waals surface area contributed by atoms with Crippen molar-refractivity contribution in [1.82, 2.24) is 9.97 Å². The summed E-state index contributed by atoms with van der Waals surface area (Å²) < 4.78 is 0. The maximum absolute atomic E-state index is 11.7. The SMILES string of the molecule is CC1(C(N)=O)CCN(c2cc3nc[nH]c(=O)c3cc2N)C1. The van der Waals surface area contributed by atoms with Crippen molar-refractivity contribution in [1.29, 1.82) is 0 Å². The molecule has 1 saturated heterocycles. The number of aromatic nitrogens is 2. The zero-order chi connectivity index (χ0) is 15.2. The van der Waals surface area contributed by atoms with Gasteiger partial charge in [-0.05, 0) is 25.5 Å². The molecule has 1 aromatic heterocycles. The molecule has 7 nitrogen and oxygen atoms in total. The predicted octanol–water partition coefficient (Wildman–Crippen LogP) is 0.207. The zero-order valence-corrected chi connectivity index (χ0v) is 11.7. The van der Waals surface area contributed by atoms with E-state index in [-0.39, 0.29) is 11.5 Å². The van der Waals surface area contributed by atoms with Crippen LogP contribution in [0.3, 0.4) is 0 Å². The number of hydrogen-bond donors (Lipinski definition) is 3. The normalized spacial score (nSPS) is 21.9. The monoisotopic (exact) mass is 287 g/mol. The summed E-state index contributed by atoms with van der Waals surface area (Å²) in [6.07, 6.45) is 2.05. The first kappa shape index (κ1) is 13.4. The van der Waals surface area contributed by atoms with Crippen LogP contribution in [0.5, 0.6) is 0 Å². The van der Waals surface area contributed by atoms with Crippen molar-refractivity contribution in [3.63, 3.8) is 0 Å². The van der Waals surface area contributed by atoms with Crippen molar-refractivity contribution in [2.45, 2.75) is 13.3 Å². The topological polar surface area (TPSA) is 118 Å². The van der Waals surface area contributed by atoms with Gasteiger partial charge in [0.25, 0.3) is 5.56 Å². The van der Waals surface area contributed by atoms with Gasteiger partial charge in [0.1, 0.15) is 0 Å². The smallest absolute Gasteiger partial charge is 0.258 e. The van der Waals surface area contributed by atoms with E-state index in [1.807, 2.05) is 11.8 Å². The van der Waals surface area contributed by atoms with Gasteiger partial charge in [-0.25, -0.2) is 4.98 Å². The van der Waals surface area contributed by atoms with Gasteiger partial charge in [-0.15, -0.1) is 0 Å². The number of hydrogen-bond acceptors (Lipinski definition) is 5. The van der Waals surface area contributed by atoms with E-state index in [1.165, 1.54) is 6.33 Å². The summed E-state index contributed by atoms with van der Waals surface area (Å²) in [7, 11) is 0. The molecule has 1 amide bonds. The summed E-state index contributed by atoms with van der Waals surface area (Å²) in [6.45, 7) is 3.06. The van der Waals surface area contributed by atoms with Crippen LogP contribution in [0.2, 0.25) is 0 Å². The van der Waals surface area contributed by atoms with Crippen molar-refractivity contribution >= 4 is 28.2 Å². The number of H-pyrrole nitrogens is 1. The van der Waals surface area contributed by atoms with Crippen LogP contribution >= 0.6 is 0 Å². The molecule has 1 aliphatic heterocycles. The van der Waals surface area contributed by atoms with Gasteiger partial charge in [0.05, 0.1) is 34.0 Å². The molecule has 1 unspecified atom stereocenters. The van der Waals surface area contributed by atoms with Crippen LogP contribution in [0.25, 0.3) is 10.9 Å². The molecule has 1 aromatic carbocycles. The van der Waals surface area contributed by atoms with E-state index in [2.05, 4.69) is 9.97 Å². The molecule has 0 saturated carbocycles. The zero-order valence-electron chi connectivity index (χ0n) is 11.7. The van der Waals surface area contributed by atoms with Crippen molar-refractivity contribution in [2.24, 2.45) is 11.1 Å². The number of carbonyl (C=O) groups excluding carboxylic acids is 1. The molecule has 0 aliphatic carbocycles. The van der Waals surface area contributed by atoms with E-state index in [1.54, 1.807) is 12.1 Å². The van der Waals surface area contributed by atoms with Crippen molar-refractivity contribution < 1.29 is 4.79 Å². The number of anilines is 2. The summed E-state index contributed by atoms with van der Waals surface area (Å²) >= 11 is 0. The highest BCUT2D eigenvalue weighted by Crippen LogP contribution is 2.36. The second-order valence-electron chi connectivity index (χ2n) is 5.76. The van der Waals surface area contributed by atoms with E-state index in [4.69, 9.17) is 11.5 Å². The first-order chi connectivity index (χ1) is 9.90. The molecule has 1 atom stereocenters. The first-order valence-corrected chi connectivity index (χ1v) is 6.72. The highest BCUT2D eigenvalue weighted by atomic mass is 16.1. The van der Waals surface area contributed by atoms with Crippen LogP contribution < -0.4 is 21.9 Å². The van der Waals surface area contributed by atoms with Crippen molar-refractivity contribution in [3.05, 3.63) is 28.8 Å². The van der Waals surface area contributed by atoms with Gasteiger partial charge in [-0.1, -0.05) is 0 Å². The Morgan fingerprint density at radius 2 is 2.24 bits per heavy atom. The lowest BCUT2D eigenvalue weighted by Crippen LogP contribution is -2.37. The van der Waals surface area contributed by atoms with E-state index in [9.17, 15) is 9.59 Å². The Morgan fingerprint density at radius 3 is 2.90 bits per heavy atom. The van der Waals surface area contributed by atoms with E-state index < -0.39 is 5.41 Å². The summed E-state index contributed by atoms with van der Waals surface area (Å²) in [5, 5.41) is 0.454. The van der Waals surface area contributed by atoms with Crippen LogP contribution in [0.15, 0.2) is 23.3 Å². The largest absolute Gasteiger partial charge is 0.397 e. The lowest BCUT2D eigenvalue weighted by Gasteiger charge is -2.23. The summed E-state index contributed by atoms with van der Waals surface area (Å²) in [6, 6.07) is 3.41. The van der Waals surface area contributed by atoms with E-state index >= 15 is 0 Å². The molecule has 2 aromatic rings. The molecule has 1 fully saturated rings. The molecular formula is C14H17N5O2. The average Bonchev–Trinajstić information content (AvgIpc) is 2.83. The highest BCUT2D eigenvalue weighted by Gasteiger charge is 2.39. The van der Waals surface area contributed by atoms with Gasteiger partial charge in [0.2, 0.25) is 5.91 Å². The Labute approximate surface area is 120 Å². The van der Waals surface area contributed by atoms with E-state index in [0.717, 1.165) is 5.69 Å². The molecule has 110 valence electrons. The fourth-order valence-corrected chi connectivity index (χ4v) is 2.76. The lowest BCUT2D eigenvalue weighted by atomic mass is 9.89. The van der Waals surface area contributed by atoms with Crippen LogP contribution in [0, 0.1) is 5.41 Å². The number of benzene rings is 1. The third-order valence-electron chi connectivity index (χ3n) is 4.20. The molecule has 21 heavy (non-hydrogen) atoms. The Balaban J connectivity index is 2.04. The van der Waals surface area contributed by atoms with Gasteiger partial charge in [-0.3, -0.25) is 9.59 Å². The Morgan fingerprint density at radius 1 is 1.48 bits per heavy atom. The second-order valence-corrected chi connectivity index (χ2v) is 5.76. The molecular weight excluding hydrogens is 270 g/mol. The number of rotatable bonds is 2. The highest BCUT2D eigenvalue weighted by molar-refractivity contribution is 5.89. The number of aromatic amines is 1. The Hall–Kier alpha value is -2.57. The molecule has 7 heteroatoms. The van der Waals surface area contributed by atoms with Gasteiger partial charge < -0.3 is 21.4 Å². The molecule has 1 aliphatic rings. The third kappa shape index (κ3) is 2.10. The maximum atomic E-state index is 11.7. The number of nitrogen functional groups attached to an aromatic ring is 1. The van der Waals surface area contributed by atoms with Gasteiger partial charge in [0, 0.05) is 13.1 Å². The quantitative estimate of drug-likeness (QED) is 0.682. The number of nitrogens with two attached hydrogens (primary N) is 2. The number of fused-ring (bicyclic) bond motifs is 1. The molecule has 2 heterocycles. The minimum atomic E-state index is -0.553. The summed E-state index contributed by atoms with van der Waals surface area (Å²) in [5.74, 6) is -0.307. The third-order valence-corrected chi connectivity index (χ3v) is 4.20. The standard InChI is InChI=1S/C14H17N5O2/c1-14(13(16)21)2-3-19(6-14)11-5-10-8(4-9(11)15)12(20)18-7-17-10/h4-5,7H,2-3,6,15H2,1H3,(H2,16,21)(H,17,18,20). The molecule has 0 bridgehead atoms. The summed E-state index contributed by atoms with van der Waals surface area (Å²) in [4.78, 5) is 32.0. The Kier molecular flexibility index (Phi) is 2.86. The van der Waals surface area contributed by atoms with Crippen LogP contribution in [0.4, 0.5) is 11.4 Å². The van der Waals surface area contributed by atoms with E-state index in [0.29, 0.717) is 36.1 Å². The predicted molar refractivity (Wildman–Crippen MR) is 80.9 cm³/mol. The number of primary amides is 1. The van der Waals surface area contributed by atoms with Gasteiger partial charge in [0.15, 0.2) is 0 Å². The number of amides is 1. The molecule has 5 N–H and O–H groups in total. The van der Waals surface area contributed by atoms with Crippen LogP contribution in [-0.2, 0) is 4.79 Å². The molecule has 0 radical (unpaired) electrons. The van der Waals surface area contributed by atoms with Crippen LogP contribution in [0.1, 0.15) is 13.3 Å². The Bertz CT molecular complexity index is 785. The first-order valence-electron chi connectivity index (χ1n) is 6.72. The minimum Gasteiger partial charge on any atom is -0.397 e. The van der Waals surface area contributed by atoms with Gasteiger partial charge in [-0.2, -0.15) is 0 Å². The minimum absolute atomic E-state index is 0.221. The number of carbonyl (C=O) groups is 1. The number of nitrogens with one attached hydrogen (secondary N) is 1. The molecule has 0 spiro atoms. The fourth-order valence-electron chi connectivity index (χ4n) is 2.76. The number of nitrogens with zero attached hydrogens (tertiary/aromatic N) is 2. The average molecular weight is 287 g/mol. The lowest BCUT2D eigenvalue weighted by molar-refractivity contribution is -0.125. The fraction of sp³-hybridized carbons (Fsp3) is 0.357. The van der Waals surface area contributed by atoms with Gasteiger partial charge >= 0.3 is 0 Å². The van der Waals surface area contributed by atoms with Crippen molar-refractivity contribution in [3.8, 4) is 0 Å². The van der Waals surface area contributed by atoms with Crippen LogP contribution in [-0.4, -0.2) is 29.0 Å². The summed E-state index contributed by atoms with van der Waals surface area (Å²) in [5.41, 5.74) is 12.6. The molecule has 3 rings (SSSR count).